The van der Waals surface area contributed by atoms with Gasteiger partial charge in [0.1, 0.15) is 5.52 Å². The molecular weight excluding hydrogens is 441 g/mol. The molecule has 0 saturated carbocycles. The lowest BCUT2D eigenvalue weighted by Crippen LogP contribution is -2.23. The zero-order valence-electron chi connectivity index (χ0n) is 16.7. The minimum atomic E-state index is -4.50. The molecule has 2 N–H and O–H groups in total. The number of aromatic nitrogens is 3. The SMILES string of the molecule is Cc1cc2nc(SCC(=O)Nc3cccc(C(F)(F)F)c3)n(-c3ccccc3)c(=O)c2[nH]1. The van der Waals surface area contributed by atoms with Gasteiger partial charge in [-0.25, -0.2) is 4.98 Å². The van der Waals surface area contributed by atoms with E-state index in [1.807, 2.05) is 13.0 Å². The highest BCUT2D eigenvalue weighted by molar-refractivity contribution is 7.99. The number of nitrogens with zero attached hydrogens (tertiary/aromatic N) is 2. The van der Waals surface area contributed by atoms with Crippen molar-refractivity contribution >= 4 is 34.4 Å². The van der Waals surface area contributed by atoms with Gasteiger partial charge in [0.25, 0.3) is 5.56 Å². The third-order valence-electron chi connectivity index (χ3n) is 4.58. The highest BCUT2D eigenvalue weighted by Gasteiger charge is 2.30. The lowest BCUT2D eigenvalue weighted by molar-refractivity contribution is -0.137. The Morgan fingerprint density at radius 1 is 1.12 bits per heavy atom. The predicted octanol–water partition coefficient (Wildman–Crippen LogP) is 4.77. The van der Waals surface area contributed by atoms with Gasteiger partial charge in [-0.2, -0.15) is 13.2 Å². The standard InChI is InChI=1S/C22H17F3N4O2S/c1-13-10-17-19(26-13)20(31)29(16-8-3-2-4-9-16)21(28-17)32-12-18(30)27-15-7-5-6-14(11-15)22(23,24)25/h2-11,26H,12H2,1H3,(H,27,30). The molecule has 0 saturated heterocycles. The van der Waals surface area contributed by atoms with Crippen molar-refractivity contribution in [3.05, 3.63) is 82.3 Å². The van der Waals surface area contributed by atoms with Gasteiger partial charge in [0.05, 0.1) is 22.5 Å². The molecule has 0 radical (unpaired) electrons. The number of alkyl halides is 3. The van der Waals surface area contributed by atoms with Crippen LogP contribution in [0.25, 0.3) is 16.7 Å². The molecule has 164 valence electrons. The number of thioether (sulfide) groups is 1. The number of anilines is 1. The summed E-state index contributed by atoms with van der Waals surface area (Å²) in [7, 11) is 0. The maximum atomic E-state index is 13.1. The summed E-state index contributed by atoms with van der Waals surface area (Å²) in [6.07, 6.45) is -4.50. The molecule has 0 aliphatic heterocycles. The van der Waals surface area contributed by atoms with Gasteiger partial charge in [0.2, 0.25) is 5.91 Å². The Kier molecular flexibility index (Phi) is 5.79. The number of H-pyrrole nitrogens is 1. The summed E-state index contributed by atoms with van der Waals surface area (Å²) in [6.45, 7) is 1.81. The van der Waals surface area contributed by atoms with Crippen molar-refractivity contribution in [2.24, 2.45) is 0 Å². The van der Waals surface area contributed by atoms with Crippen LogP contribution in [0.5, 0.6) is 0 Å². The average molecular weight is 458 g/mol. The van der Waals surface area contributed by atoms with E-state index >= 15 is 0 Å². The van der Waals surface area contributed by atoms with Crippen molar-refractivity contribution in [1.29, 1.82) is 0 Å². The smallest absolute Gasteiger partial charge is 0.353 e. The van der Waals surface area contributed by atoms with Gasteiger partial charge in [-0.15, -0.1) is 0 Å². The summed E-state index contributed by atoms with van der Waals surface area (Å²) in [6, 6.07) is 15.0. The first kappa shape index (κ1) is 21.7. The topological polar surface area (TPSA) is 79.8 Å². The quantitative estimate of drug-likeness (QED) is 0.334. The molecule has 0 aliphatic carbocycles. The molecule has 0 unspecified atom stereocenters. The highest BCUT2D eigenvalue weighted by atomic mass is 32.2. The van der Waals surface area contributed by atoms with Crippen molar-refractivity contribution in [2.75, 3.05) is 11.1 Å². The van der Waals surface area contributed by atoms with Gasteiger partial charge < -0.3 is 10.3 Å². The number of amides is 1. The van der Waals surface area contributed by atoms with Crippen LogP contribution in [-0.4, -0.2) is 26.2 Å². The first-order valence-electron chi connectivity index (χ1n) is 9.50. The molecule has 32 heavy (non-hydrogen) atoms. The molecule has 0 spiro atoms. The number of benzene rings is 2. The van der Waals surface area contributed by atoms with Gasteiger partial charge in [0, 0.05) is 11.4 Å². The van der Waals surface area contributed by atoms with Crippen molar-refractivity contribution in [3.63, 3.8) is 0 Å². The molecule has 2 aromatic carbocycles. The van der Waals surface area contributed by atoms with E-state index in [1.165, 1.54) is 16.7 Å². The summed E-state index contributed by atoms with van der Waals surface area (Å²) in [5, 5.41) is 2.76. The molecule has 0 bridgehead atoms. The van der Waals surface area contributed by atoms with Crippen LogP contribution in [0.3, 0.4) is 0 Å². The number of aromatic amines is 1. The second-order valence-corrected chi connectivity index (χ2v) is 7.94. The van der Waals surface area contributed by atoms with Crippen molar-refractivity contribution < 1.29 is 18.0 Å². The van der Waals surface area contributed by atoms with Crippen LogP contribution in [-0.2, 0) is 11.0 Å². The summed E-state index contributed by atoms with van der Waals surface area (Å²) in [5.41, 5.74) is 1.06. The lowest BCUT2D eigenvalue weighted by Gasteiger charge is -2.12. The van der Waals surface area contributed by atoms with E-state index in [0.717, 1.165) is 29.6 Å². The largest absolute Gasteiger partial charge is 0.416 e. The predicted molar refractivity (Wildman–Crippen MR) is 117 cm³/mol. The van der Waals surface area contributed by atoms with E-state index in [1.54, 1.807) is 30.3 Å². The number of aryl methyl sites for hydroxylation is 1. The van der Waals surface area contributed by atoms with E-state index in [0.29, 0.717) is 21.9 Å². The molecule has 1 amide bonds. The van der Waals surface area contributed by atoms with Crippen LogP contribution in [0.2, 0.25) is 0 Å². The number of hydrogen-bond donors (Lipinski definition) is 2. The Labute approximate surface area is 184 Å². The highest BCUT2D eigenvalue weighted by Crippen LogP contribution is 2.30. The summed E-state index contributed by atoms with van der Waals surface area (Å²) in [4.78, 5) is 33.0. The van der Waals surface area contributed by atoms with Crippen LogP contribution >= 0.6 is 11.8 Å². The van der Waals surface area contributed by atoms with Crippen molar-refractivity contribution in [1.82, 2.24) is 14.5 Å². The number of rotatable bonds is 5. The number of carbonyl (C=O) groups excluding carboxylic acids is 1. The molecule has 2 heterocycles. The van der Waals surface area contributed by atoms with E-state index in [9.17, 15) is 22.8 Å². The normalized spacial score (nSPS) is 11.6. The monoisotopic (exact) mass is 458 g/mol. The number of fused-ring (bicyclic) bond motifs is 1. The Bertz CT molecular complexity index is 1350. The molecule has 4 aromatic rings. The second kappa shape index (κ2) is 8.54. The zero-order chi connectivity index (χ0) is 22.9. The van der Waals surface area contributed by atoms with E-state index < -0.39 is 17.6 Å². The fraction of sp³-hybridized carbons (Fsp3) is 0.136. The molecule has 0 atom stereocenters. The van der Waals surface area contributed by atoms with Gasteiger partial charge in [-0.3, -0.25) is 14.2 Å². The van der Waals surface area contributed by atoms with Gasteiger partial charge in [-0.05, 0) is 43.3 Å². The van der Waals surface area contributed by atoms with Gasteiger partial charge >= 0.3 is 6.18 Å². The second-order valence-electron chi connectivity index (χ2n) is 7.00. The van der Waals surface area contributed by atoms with Gasteiger partial charge in [0.15, 0.2) is 5.16 Å². The first-order chi connectivity index (χ1) is 15.2. The van der Waals surface area contributed by atoms with Crippen LogP contribution < -0.4 is 10.9 Å². The van der Waals surface area contributed by atoms with Crippen LogP contribution in [0, 0.1) is 6.92 Å². The van der Waals surface area contributed by atoms with Crippen LogP contribution in [0.1, 0.15) is 11.3 Å². The molecule has 10 heteroatoms. The molecule has 6 nitrogen and oxygen atoms in total. The number of hydrogen-bond acceptors (Lipinski definition) is 4. The average Bonchev–Trinajstić information content (AvgIpc) is 3.13. The van der Waals surface area contributed by atoms with E-state index in [4.69, 9.17) is 0 Å². The van der Waals surface area contributed by atoms with Crippen molar-refractivity contribution in [2.45, 2.75) is 18.3 Å². The van der Waals surface area contributed by atoms with Crippen LogP contribution in [0.15, 0.2) is 70.6 Å². The Hall–Kier alpha value is -3.53. The Morgan fingerprint density at radius 2 is 1.88 bits per heavy atom. The molecular formula is C22H17F3N4O2S. The third-order valence-corrected chi connectivity index (χ3v) is 5.51. The Balaban J connectivity index is 1.60. The van der Waals surface area contributed by atoms with Crippen molar-refractivity contribution in [3.8, 4) is 5.69 Å². The fourth-order valence-corrected chi connectivity index (χ4v) is 3.99. The number of para-hydroxylation sites is 1. The Morgan fingerprint density at radius 3 is 2.59 bits per heavy atom. The molecule has 4 rings (SSSR count). The zero-order valence-corrected chi connectivity index (χ0v) is 17.6. The molecule has 0 fully saturated rings. The third kappa shape index (κ3) is 4.54. The number of nitrogens with one attached hydrogen (secondary N) is 2. The molecule has 2 aromatic heterocycles. The number of carbonyl (C=O) groups is 1. The fourth-order valence-electron chi connectivity index (χ4n) is 3.18. The molecule has 0 aliphatic rings. The first-order valence-corrected chi connectivity index (χ1v) is 10.5. The summed E-state index contributed by atoms with van der Waals surface area (Å²) < 4.78 is 40.1. The maximum Gasteiger partial charge on any atom is 0.416 e. The minimum Gasteiger partial charge on any atom is -0.353 e. The maximum absolute atomic E-state index is 13.1. The lowest BCUT2D eigenvalue weighted by atomic mass is 10.2. The van der Waals surface area contributed by atoms with E-state index in [2.05, 4.69) is 15.3 Å². The van der Waals surface area contributed by atoms with E-state index in [-0.39, 0.29) is 17.0 Å². The summed E-state index contributed by atoms with van der Waals surface area (Å²) >= 11 is 1.02. The number of halogens is 3. The van der Waals surface area contributed by atoms with Crippen LogP contribution in [0.4, 0.5) is 18.9 Å². The van der Waals surface area contributed by atoms with Gasteiger partial charge in [-0.1, -0.05) is 36.0 Å². The summed E-state index contributed by atoms with van der Waals surface area (Å²) in [5.74, 6) is -0.668. The minimum absolute atomic E-state index is 0.0375.